The second-order valence-corrected chi connectivity index (χ2v) is 3.96. The van der Waals surface area contributed by atoms with Crippen LogP contribution in [-0.4, -0.2) is 18.1 Å². The van der Waals surface area contributed by atoms with Crippen molar-refractivity contribution in [1.82, 2.24) is 0 Å². The Hall–Kier alpha value is -2.63. The summed E-state index contributed by atoms with van der Waals surface area (Å²) in [5.41, 5.74) is -0.375. The van der Waals surface area contributed by atoms with Gasteiger partial charge in [0.15, 0.2) is 0 Å². The zero-order valence-corrected chi connectivity index (χ0v) is 10.5. The van der Waals surface area contributed by atoms with Crippen molar-refractivity contribution in [3.05, 3.63) is 53.6 Å². The first-order valence-corrected chi connectivity index (χ1v) is 5.64. The third-order valence-corrected chi connectivity index (χ3v) is 2.63. The molecule has 104 valence electrons. The lowest BCUT2D eigenvalue weighted by Crippen LogP contribution is -2.13. The Labute approximate surface area is 113 Å². The summed E-state index contributed by atoms with van der Waals surface area (Å²) in [4.78, 5) is 11.9. The van der Waals surface area contributed by atoms with Gasteiger partial charge in [-0.15, -0.1) is 0 Å². The molecule has 20 heavy (non-hydrogen) atoms. The predicted octanol–water partition coefficient (Wildman–Crippen LogP) is 2.93. The monoisotopic (exact) mass is 279 g/mol. The quantitative estimate of drug-likeness (QED) is 0.908. The van der Waals surface area contributed by atoms with Gasteiger partial charge in [-0.2, -0.15) is 0 Å². The smallest absolute Gasteiger partial charge is 0.259 e. The van der Waals surface area contributed by atoms with Crippen molar-refractivity contribution in [1.29, 1.82) is 0 Å². The summed E-state index contributed by atoms with van der Waals surface area (Å²) in [5, 5.41) is 11.9. The molecule has 0 heterocycles. The normalized spacial score (nSPS) is 10.2. The van der Waals surface area contributed by atoms with Crippen molar-refractivity contribution in [3.63, 3.8) is 0 Å². The van der Waals surface area contributed by atoms with Gasteiger partial charge in [0.1, 0.15) is 23.1 Å². The summed E-state index contributed by atoms with van der Waals surface area (Å²) in [6.45, 7) is 0. The highest BCUT2D eigenvalue weighted by Crippen LogP contribution is 2.25. The van der Waals surface area contributed by atoms with Crippen LogP contribution in [0.2, 0.25) is 0 Å². The first kappa shape index (κ1) is 13.8. The SMILES string of the molecule is COc1ccc(C(=O)Nc2cc(F)ccc2F)c(O)c1. The van der Waals surface area contributed by atoms with Crippen molar-refractivity contribution in [2.24, 2.45) is 0 Å². The number of benzene rings is 2. The molecule has 0 saturated carbocycles. The molecule has 2 aromatic carbocycles. The summed E-state index contributed by atoms with van der Waals surface area (Å²) in [7, 11) is 1.41. The number of rotatable bonds is 3. The van der Waals surface area contributed by atoms with Gasteiger partial charge in [-0.3, -0.25) is 4.79 Å². The van der Waals surface area contributed by atoms with Crippen LogP contribution in [0.3, 0.4) is 0 Å². The Morgan fingerprint density at radius 2 is 1.95 bits per heavy atom. The van der Waals surface area contributed by atoms with Gasteiger partial charge in [-0.05, 0) is 24.3 Å². The zero-order chi connectivity index (χ0) is 14.7. The van der Waals surface area contributed by atoms with E-state index >= 15 is 0 Å². The number of hydrogen-bond acceptors (Lipinski definition) is 3. The van der Waals surface area contributed by atoms with Crippen LogP contribution in [-0.2, 0) is 0 Å². The number of hydrogen-bond donors (Lipinski definition) is 2. The molecular formula is C14H11F2NO3. The number of anilines is 1. The number of amides is 1. The minimum Gasteiger partial charge on any atom is -0.507 e. The van der Waals surface area contributed by atoms with Crippen molar-refractivity contribution < 1.29 is 23.4 Å². The molecule has 0 atom stereocenters. The molecule has 0 radical (unpaired) electrons. The first-order chi connectivity index (χ1) is 9.51. The number of aromatic hydroxyl groups is 1. The van der Waals surface area contributed by atoms with Gasteiger partial charge in [0, 0.05) is 12.1 Å². The van der Waals surface area contributed by atoms with E-state index in [4.69, 9.17) is 4.74 Å². The average molecular weight is 279 g/mol. The summed E-state index contributed by atoms with van der Waals surface area (Å²) in [6.07, 6.45) is 0. The van der Waals surface area contributed by atoms with Gasteiger partial charge < -0.3 is 15.2 Å². The van der Waals surface area contributed by atoms with Crippen LogP contribution >= 0.6 is 0 Å². The Morgan fingerprint density at radius 3 is 2.60 bits per heavy atom. The van der Waals surface area contributed by atoms with Crippen LogP contribution in [0.4, 0.5) is 14.5 Å². The van der Waals surface area contributed by atoms with E-state index in [0.29, 0.717) is 5.75 Å². The number of carbonyl (C=O) groups is 1. The van der Waals surface area contributed by atoms with Crippen molar-refractivity contribution >= 4 is 11.6 Å². The molecule has 0 aliphatic rings. The maximum atomic E-state index is 13.4. The third-order valence-electron chi connectivity index (χ3n) is 2.63. The standard InChI is InChI=1S/C14H11F2NO3/c1-20-9-3-4-10(13(18)7-9)14(19)17-12-6-8(15)2-5-11(12)16/h2-7,18H,1H3,(H,17,19). The Balaban J connectivity index is 2.26. The molecule has 2 rings (SSSR count). The Kier molecular flexibility index (Phi) is 3.84. The summed E-state index contributed by atoms with van der Waals surface area (Å²) in [6, 6.07) is 6.73. The molecule has 1 amide bonds. The molecule has 0 aliphatic heterocycles. The molecule has 0 bridgehead atoms. The Bertz CT molecular complexity index is 659. The lowest BCUT2D eigenvalue weighted by molar-refractivity contribution is 0.102. The molecule has 0 saturated heterocycles. The van der Waals surface area contributed by atoms with E-state index in [0.717, 1.165) is 18.2 Å². The molecule has 4 nitrogen and oxygen atoms in total. The maximum Gasteiger partial charge on any atom is 0.259 e. The van der Waals surface area contributed by atoms with E-state index in [1.54, 1.807) is 0 Å². The molecule has 0 unspecified atom stereocenters. The van der Waals surface area contributed by atoms with Crippen LogP contribution < -0.4 is 10.1 Å². The fraction of sp³-hybridized carbons (Fsp3) is 0.0714. The summed E-state index contributed by atoms with van der Waals surface area (Å²) >= 11 is 0. The van der Waals surface area contributed by atoms with Crippen molar-refractivity contribution in [2.45, 2.75) is 0 Å². The van der Waals surface area contributed by atoms with E-state index in [1.165, 1.54) is 25.3 Å². The van der Waals surface area contributed by atoms with Crippen LogP contribution in [0, 0.1) is 11.6 Å². The summed E-state index contributed by atoms with van der Waals surface area (Å²) in [5.74, 6) is -2.15. The number of methoxy groups -OCH3 is 1. The fourth-order valence-corrected chi connectivity index (χ4v) is 1.61. The number of phenolic OH excluding ortho intramolecular Hbond substituents is 1. The van der Waals surface area contributed by atoms with Crippen LogP contribution in [0.25, 0.3) is 0 Å². The topological polar surface area (TPSA) is 58.6 Å². The molecule has 0 spiro atoms. The van der Waals surface area contributed by atoms with E-state index in [9.17, 15) is 18.7 Å². The van der Waals surface area contributed by atoms with Crippen LogP contribution in [0.5, 0.6) is 11.5 Å². The average Bonchev–Trinajstić information content (AvgIpc) is 2.42. The minimum atomic E-state index is -0.771. The molecular weight excluding hydrogens is 268 g/mol. The number of phenols is 1. The van der Waals surface area contributed by atoms with Gasteiger partial charge >= 0.3 is 0 Å². The van der Waals surface area contributed by atoms with Crippen LogP contribution in [0.1, 0.15) is 10.4 Å². The molecule has 2 N–H and O–H groups in total. The first-order valence-electron chi connectivity index (χ1n) is 5.64. The second-order valence-electron chi connectivity index (χ2n) is 3.96. The van der Waals surface area contributed by atoms with Crippen molar-refractivity contribution in [3.8, 4) is 11.5 Å². The summed E-state index contributed by atoms with van der Waals surface area (Å²) < 4.78 is 31.3. The van der Waals surface area contributed by atoms with Crippen molar-refractivity contribution in [2.75, 3.05) is 12.4 Å². The Morgan fingerprint density at radius 1 is 1.20 bits per heavy atom. The van der Waals surface area contributed by atoms with Gasteiger partial charge in [0.25, 0.3) is 5.91 Å². The molecule has 0 aromatic heterocycles. The number of nitrogens with one attached hydrogen (secondary N) is 1. The highest BCUT2D eigenvalue weighted by Gasteiger charge is 2.14. The molecule has 0 fully saturated rings. The number of halogens is 2. The second kappa shape index (κ2) is 5.56. The van der Waals surface area contributed by atoms with E-state index in [2.05, 4.69) is 5.32 Å². The number of ether oxygens (including phenoxy) is 1. The van der Waals surface area contributed by atoms with E-state index < -0.39 is 17.5 Å². The van der Waals surface area contributed by atoms with Gasteiger partial charge in [0.05, 0.1) is 18.4 Å². The molecule has 2 aromatic rings. The molecule has 0 aliphatic carbocycles. The van der Waals surface area contributed by atoms with E-state index in [-0.39, 0.29) is 17.0 Å². The lowest BCUT2D eigenvalue weighted by Gasteiger charge is -2.09. The number of carbonyl (C=O) groups excluding carboxylic acids is 1. The lowest BCUT2D eigenvalue weighted by atomic mass is 10.1. The fourth-order valence-electron chi connectivity index (χ4n) is 1.61. The highest BCUT2D eigenvalue weighted by molar-refractivity contribution is 6.06. The third kappa shape index (κ3) is 2.85. The largest absolute Gasteiger partial charge is 0.507 e. The van der Waals surface area contributed by atoms with Gasteiger partial charge in [0.2, 0.25) is 0 Å². The van der Waals surface area contributed by atoms with E-state index in [1.807, 2.05) is 0 Å². The maximum absolute atomic E-state index is 13.4. The van der Waals surface area contributed by atoms with Gasteiger partial charge in [-0.25, -0.2) is 8.78 Å². The van der Waals surface area contributed by atoms with Crippen LogP contribution in [0.15, 0.2) is 36.4 Å². The van der Waals surface area contributed by atoms with Gasteiger partial charge in [-0.1, -0.05) is 0 Å². The zero-order valence-electron chi connectivity index (χ0n) is 10.5. The molecule has 6 heteroatoms. The minimum absolute atomic E-state index is 0.0746. The predicted molar refractivity (Wildman–Crippen MR) is 69.0 cm³/mol. The highest BCUT2D eigenvalue weighted by atomic mass is 19.1.